The van der Waals surface area contributed by atoms with Crippen LogP contribution in [0.3, 0.4) is 0 Å². The molecule has 0 aliphatic carbocycles. The summed E-state index contributed by atoms with van der Waals surface area (Å²) >= 11 is 0. The number of ether oxygens (including phenoxy) is 2. The van der Waals surface area contributed by atoms with Crippen molar-refractivity contribution < 1.29 is 19.4 Å². The predicted octanol–water partition coefficient (Wildman–Crippen LogP) is 2.17. The first-order valence-electron chi connectivity index (χ1n) is 5.74. The summed E-state index contributed by atoms with van der Waals surface area (Å²) in [5.41, 5.74) is 0. The molecule has 1 aliphatic rings. The standard InChI is InChI=1S/C11H20O4/c12-10(13)6-2-1-4-8-14-11-7-3-5-9-15-11/h11H,1-9H2,(H,12,13)/t11-/m0/s1. The lowest BCUT2D eigenvalue weighted by Gasteiger charge is -2.22. The molecule has 1 saturated heterocycles. The van der Waals surface area contributed by atoms with Crippen LogP contribution in [0.25, 0.3) is 0 Å². The van der Waals surface area contributed by atoms with E-state index in [0.29, 0.717) is 6.61 Å². The van der Waals surface area contributed by atoms with Crippen LogP contribution in [0.4, 0.5) is 0 Å². The van der Waals surface area contributed by atoms with Gasteiger partial charge in [-0.2, -0.15) is 0 Å². The van der Waals surface area contributed by atoms with Crippen LogP contribution in [0, 0.1) is 0 Å². The third kappa shape index (κ3) is 6.47. The molecule has 1 fully saturated rings. The molecule has 0 amide bonds. The van der Waals surface area contributed by atoms with Crippen LogP contribution in [-0.4, -0.2) is 30.6 Å². The molecule has 0 saturated carbocycles. The van der Waals surface area contributed by atoms with Gasteiger partial charge in [0.15, 0.2) is 6.29 Å². The Morgan fingerprint density at radius 1 is 1.33 bits per heavy atom. The van der Waals surface area contributed by atoms with Gasteiger partial charge in [0.05, 0.1) is 0 Å². The number of hydrogen-bond donors (Lipinski definition) is 1. The van der Waals surface area contributed by atoms with Crippen molar-refractivity contribution in [3.05, 3.63) is 0 Å². The molecule has 0 aromatic heterocycles. The Labute approximate surface area is 90.6 Å². The monoisotopic (exact) mass is 216 g/mol. The van der Waals surface area contributed by atoms with Gasteiger partial charge in [0, 0.05) is 19.6 Å². The molecule has 1 aliphatic heterocycles. The lowest BCUT2D eigenvalue weighted by molar-refractivity contribution is -0.162. The third-order valence-corrected chi connectivity index (χ3v) is 2.48. The van der Waals surface area contributed by atoms with E-state index in [9.17, 15) is 4.79 Å². The smallest absolute Gasteiger partial charge is 0.303 e. The Bertz CT molecular complexity index is 175. The summed E-state index contributed by atoms with van der Waals surface area (Å²) in [6.45, 7) is 1.49. The predicted molar refractivity (Wildman–Crippen MR) is 55.6 cm³/mol. The zero-order valence-corrected chi connectivity index (χ0v) is 9.11. The maximum Gasteiger partial charge on any atom is 0.303 e. The highest BCUT2D eigenvalue weighted by Gasteiger charge is 2.13. The van der Waals surface area contributed by atoms with Crippen molar-refractivity contribution in [3.8, 4) is 0 Å². The van der Waals surface area contributed by atoms with Gasteiger partial charge in [-0.25, -0.2) is 0 Å². The van der Waals surface area contributed by atoms with Crippen molar-refractivity contribution in [2.45, 2.75) is 51.2 Å². The van der Waals surface area contributed by atoms with Gasteiger partial charge >= 0.3 is 5.97 Å². The molecule has 15 heavy (non-hydrogen) atoms. The van der Waals surface area contributed by atoms with Crippen molar-refractivity contribution in [1.82, 2.24) is 0 Å². The molecule has 0 unspecified atom stereocenters. The van der Waals surface area contributed by atoms with Crippen molar-refractivity contribution in [3.63, 3.8) is 0 Å². The first-order chi connectivity index (χ1) is 7.29. The topological polar surface area (TPSA) is 55.8 Å². The second-order valence-electron chi connectivity index (χ2n) is 3.87. The normalized spacial score (nSPS) is 21.5. The van der Waals surface area contributed by atoms with E-state index in [4.69, 9.17) is 14.6 Å². The fourth-order valence-electron chi connectivity index (χ4n) is 1.61. The molecule has 0 radical (unpaired) electrons. The van der Waals surface area contributed by atoms with Gasteiger partial charge in [0.1, 0.15) is 0 Å². The molecule has 0 aromatic rings. The van der Waals surface area contributed by atoms with E-state index in [-0.39, 0.29) is 12.7 Å². The lowest BCUT2D eigenvalue weighted by Crippen LogP contribution is -2.22. The summed E-state index contributed by atoms with van der Waals surface area (Å²) in [7, 11) is 0. The van der Waals surface area contributed by atoms with E-state index < -0.39 is 5.97 Å². The summed E-state index contributed by atoms with van der Waals surface area (Å²) in [6, 6.07) is 0. The van der Waals surface area contributed by atoms with E-state index in [0.717, 1.165) is 38.7 Å². The summed E-state index contributed by atoms with van der Waals surface area (Å²) in [5, 5.41) is 8.42. The van der Waals surface area contributed by atoms with Gasteiger partial charge in [-0.3, -0.25) is 4.79 Å². The molecule has 0 aromatic carbocycles. The van der Waals surface area contributed by atoms with Crippen LogP contribution in [0.2, 0.25) is 0 Å². The fourth-order valence-corrected chi connectivity index (χ4v) is 1.61. The minimum absolute atomic E-state index is 0.0155. The quantitative estimate of drug-likeness (QED) is 0.663. The lowest BCUT2D eigenvalue weighted by atomic mass is 10.2. The highest BCUT2D eigenvalue weighted by Crippen LogP contribution is 2.14. The Morgan fingerprint density at radius 2 is 2.20 bits per heavy atom. The first-order valence-corrected chi connectivity index (χ1v) is 5.74. The maximum absolute atomic E-state index is 10.2. The molecular formula is C11H20O4. The molecule has 0 spiro atoms. The highest BCUT2D eigenvalue weighted by atomic mass is 16.7. The number of carboxylic acids is 1. The second kappa shape index (κ2) is 7.65. The number of aliphatic carboxylic acids is 1. The maximum atomic E-state index is 10.2. The highest BCUT2D eigenvalue weighted by molar-refractivity contribution is 5.66. The summed E-state index contributed by atoms with van der Waals surface area (Å²) < 4.78 is 10.9. The fraction of sp³-hybridized carbons (Fsp3) is 0.909. The van der Waals surface area contributed by atoms with E-state index in [1.807, 2.05) is 0 Å². The molecule has 4 nitrogen and oxygen atoms in total. The van der Waals surface area contributed by atoms with Gasteiger partial charge in [0.2, 0.25) is 0 Å². The molecule has 1 heterocycles. The van der Waals surface area contributed by atoms with E-state index in [2.05, 4.69) is 0 Å². The van der Waals surface area contributed by atoms with Crippen molar-refractivity contribution in [2.75, 3.05) is 13.2 Å². The van der Waals surface area contributed by atoms with E-state index in [1.54, 1.807) is 0 Å². The Kier molecular flexibility index (Phi) is 6.36. The number of rotatable bonds is 7. The van der Waals surface area contributed by atoms with Crippen LogP contribution in [0.15, 0.2) is 0 Å². The zero-order valence-electron chi connectivity index (χ0n) is 9.11. The summed E-state index contributed by atoms with van der Waals surface area (Å²) in [5.74, 6) is -0.716. The van der Waals surface area contributed by atoms with E-state index in [1.165, 1.54) is 6.42 Å². The average molecular weight is 216 g/mol. The minimum atomic E-state index is -0.716. The van der Waals surface area contributed by atoms with E-state index >= 15 is 0 Å². The number of hydrogen-bond acceptors (Lipinski definition) is 3. The van der Waals surface area contributed by atoms with Crippen LogP contribution >= 0.6 is 0 Å². The molecule has 4 heteroatoms. The molecule has 1 rings (SSSR count). The van der Waals surface area contributed by atoms with Crippen molar-refractivity contribution >= 4 is 5.97 Å². The van der Waals surface area contributed by atoms with Gasteiger partial charge in [-0.1, -0.05) is 6.42 Å². The van der Waals surface area contributed by atoms with Gasteiger partial charge in [-0.05, 0) is 32.1 Å². The minimum Gasteiger partial charge on any atom is -0.481 e. The summed E-state index contributed by atoms with van der Waals surface area (Å²) in [4.78, 5) is 10.2. The molecule has 1 N–H and O–H groups in total. The number of unbranched alkanes of at least 4 members (excludes halogenated alkanes) is 2. The number of carbonyl (C=O) groups is 1. The SMILES string of the molecule is O=C(O)CCCCCO[C@@H]1CCCCO1. The molecular weight excluding hydrogens is 196 g/mol. The van der Waals surface area contributed by atoms with Crippen molar-refractivity contribution in [2.24, 2.45) is 0 Å². The van der Waals surface area contributed by atoms with Crippen LogP contribution in [0.1, 0.15) is 44.9 Å². The molecule has 0 bridgehead atoms. The average Bonchev–Trinajstić information content (AvgIpc) is 2.24. The Balaban J connectivity index is 1.85. The molecule has 88 valence electrons. The Morgan fingerprint density at radius 3 is 2.87 bits per heavy atom. The summed E-state index contributed by atoms with van der Waals surface area (Å²) in [6.07, 6.45) is 6.14. The van der Waals surface area contributed by atoms with Crippen molar-refractivity contribution in [1.29, 1.82) is 0 Å². The van der Waals surface area contributed by atoms with Crippen LogP contribution < -0.4 is 0 Å². The third-order valence-electron chi connectivity index (χ3n) is 2.48. The van der Waals surface area contributed by atoms with Gasteiger partial charge < -0.3 is 14.6 Å². The molecule has 1 atom stereocenters. The van der Waals surface area contributed by atoms with Gasteiger partial charge in [-0.15, -0.1) is 0 Å². The second-order valence-corrected chi connectivity index (χ2v) is 3.87. The largest absolute Gasteiger partial charge is 0.481 e. The van der Waals surface area contributed by atoms with Crippen LogP contribution in [-0.2, 0) is 14.3 Å². The number of carboxylic acid groups (broad SMARTS) is 1. The van der Waals surface area contributed by atoms with Crippen LogP contribution in [0.5, 0.6) is 0 Å². The first kappa shape index (κ1) is 12.5. The van der Waals surface area contributed by atoms with Gasteiger partial charge in [0.25, 0.3) is 0 Å². The zero-order chi connectivity index (χ0) is 10.9. The Hall–Kier alpha value is -0.610.